The maximum absolute atomic E-state index is 12.9. The molecule has 0 heterocycles. The molecule has 2 aromatic carbocycles. The largest absolute Gasteiger partial charge is 0.452 e. The molecule has 0 saturated carbocycles. The number of benzene rings is 2. The maximum atomic E-state index is 12.9. The van der Waals surface area contributed by atoms with E-state index in [0.717, 1.165) is 24.8 Å². The van der Waals surface area contributed by atoms with Crippen molar-refractivity contribution in [2.75, 3.05) is 0 Å². The third-order valence-electron chi connectivity index (χ3n) is 4.63. The molecular formula is C21H22FNO3. The van der Waals surface area contributed by atoms with Crippen LogP contribution in [0.4, 0.5) is 4.39 Å². The van der Waals surface area contributed by atoms with E-state index in [2.05, 4.69) is 11.4 Å². The number of fused-ring (bicyclic) bond motifs is 1. The number of halogens is 1. The molecular weight excluding hydrogens is 333 g/mol. The summed E-state index contributed by atoms with van der Waals surface area (Å²) in [5.41, 5.74) is 3.03. The third-order valence-corrected chi connectivity index (χ3v) is 4.63. The number of carbonyl (C=O) groups excluding carboxylic acids is 2. The van der Waals surface area contributed by atoms with Gasteiger partial charge in [-0.05, 0) is 55.0 Å². The van der Waals surface area contributed by atoms with Gasteiger partial charge in [-0.3, -0.25) is 9.59 Å². The minimum atomic E-state index is -0.878. The summed E-state index contributed by atoms with van der Waals surface area (Å²) in [4.78, 5) is 24.4. The van der Waals surface area contributed by atoms with Gasteiger partial charge in [0.25, 0.3) is 5.91 Å². The summed E-state index contributed by atoms with van der Waals surface area (Å²) in [5, 5.41) is 2.99. The van der Waals surface area contributed by atoms with Crippen molar-refractivity contribution >= 4 is 11.9 Å². The van der Waals surface area contributed by atoms with Gasteiger partial charge in [0.2, 0.25) is 0 Å². The van der Waals surface area contributed by atoms with E-state index in [9.17, 15) is 14.0 Å². The molecule has 0 spiro atoms. The van der Waals surface area contributed by atoms with Gasteiger partial charge in [-0.1, -0.05) is 36.4 Å². The Bertz CT molecular complexity index is 788. The van der Waals surface area contributed by atoms with Crippen molar-refractivity contribution < 1.29 is 18.7 Å². The lowest BCUT2D eigenvalue weighted by atomic mass is 9.87. The lowest BCUT2D eigenvalue weighted by Gasteiger charge is -2.27. The van der Waals surface area contributed by atoms with Gasteiger partial charge in [0.05, 0.1) is 12.5 Å². The zero-order valence-electron chi connectivity index (χ0n) is 14.7. The number of carbonyl (C=O) groups is 2. The number of nitrogens with one attached hydrogen (secondary N) is 1. The summed E-state index contributed by atoms with van der Waals surface area (Å²) in [5.74, 6) is -1.18. The average Bonchev–Trinajstić information content (AvgIpc) is 2.64. The second-order valence-corrected chi connectivity index (χ2v) is 6.59. The van der Waals surface area contributed by atoms with Crippen molar-refractivity contribution in [3.05, 3.63) is 71.0 Å². The highest BCUT2D eigenvalue weighted by molar-refractivity contribution is 5.84. The Morgan fingerprint density at radius 3 is 2.69 bits per heavy atom. The van der Waals surface area contributed by atoms with Crippen LogP contribution in [0.25, 0.3) is 0 Å². The number of esters is 1. The molecule has 1 amide bonds. The molecule has 3 rings (SSSR count). The molecule has 4 nitrogen and oxygen atoms in total. The molecule has 0 unspecified atom stereocenters. The van der Waals surface area contributed by atoms with E-state index in [1.54, 1.807) is 6.92 Å². The Hall–Kier alpha value is -2.69. The predicted molar refractivity (Wildman–Crippen MR) is 95.9 cm³/mol. The fourth-order valence-electron chi connectivity index (χ4n) is 3.25. The van der Waals surface area contributed by atoms with Crippen LogP contribution < -0.4 is 5.32 Å². The van der Waals surface area contributed by atoms with Gasteiger partial charge in [-0.25, -0.2) is 4.39 Å². The standard InChI is InChI=1S/C21H22FNO3/c1-14(26-20(24)13-15-9-11-17(22)12-10-15)21(25)23-19-8-4-6-16-5-2-3-7-18(16)19/h2-3,5,7,9-12,14,19H,4,6,8,13H2,1H3,(H,23,25)/t14-,19-/m1/s1. The van der Waals surface area contributed by atoms with Crippen LogP contribution in [0.2, 0.25) is 0 Å². The van der Waals surface area contributed by atoms with Crippen LogP contribution in [0.3, 0.4) is 0 Å². The van der Waals surface area contributed by atoms with Gasteiger partial charge in [0.15, 0.2) is 6.10 Å². The van der Waals surface area contributed by atoms with E-state index in [0.29, 0.717) is 5.56 Å². The summed E-state index contributed by atoms with van der Waals surface area (Å²) in [7, 11) is 0. The molecule has 1 aliphatic carbocycles. The fourth-order valence-corrected chi connectivity index (χ4v) is 3.25. The van der Waals surface area contributed by atoms with Crippen molar-refractivity contribution in [2.45, 2.75) is 44.8 Å². The maximum Gasteiger partial charge on any atom is 0.311 e. The molecule has 26 heavy (non-hydrogen) atoms. The van der Waals surface area contributed by atoms with Crippen molar-refractivity contribution in [1.82, 2.24) is 5.32 Å². The van der Waals surface area contributed by atoms with Crippen LogP contribution in [-0.2, 0) is 27.2 Å². The van der Waals surface area contributed by atoms with Crippen molar-refractivity contribution in [2.24, 2.45) is 0 Å². The molecule has 2 aromatic rings. The van der Waals surface area contributed by atoms with E-state index in [1.165, 1.54) is 29.8 Å². The first-order valence-electron chi connectivity index (χ1n) is 8.85. The first-order valence-corrected chi connectivity index (χ1v) is 8.85. The van der Waals surface area contributed by atoms with E-state index in [-0.39, 0.29) is 24.2 Å². The topological polar surface area (TPSA) is 55.4 Å². The van der Waals surface area contributed by atoms with E-state index in [4.69, 9.17) is 4.74 Å². The van der Waals surface area contributed by atoms with Gasteiger partial charge in [0, 0.05) is 0 Å². The molecule has 0 fully saturated rings. The minimum absolute atomic E-state index is 0.00413. The van der Waals surface area contributed by atoms with E-state index in [1.807, 2.05) is 18.2 Å². The molecule has 0 saturated heterocycles. The highest BCUT2D eigenvalue weighted by Crippen LogP contribution is 2.29. The van der Waals surface area contributed by atoms with Crippen LogP contribution in [0, 0.1) is 5.82 Å². The molecule has 0 bridgehead atoms. The smallest absolute Gasteiger partial charge is 0.311 e. The molecule has 136 valence electrons. The van der Waals surface area contributed by atoms with Gasteiger partial charge in [-0.2, -0.15) is 0 Å². The first kappa shape index (κ1) is 18.1. The highest BCUT2D eigenvalue weighted by Gasteiger charge is 2.25. The summed E-state index contributed by atoms with van der Waals surface area (Å²) in [6, 6.07) is 13.7. The zero-order valence-corrected chi connectivity index (χ0v) is 14.7. The summed E-state index contributed by atoms with van der Waals surface area (Å²) >= 11 is 0. The molecule has 5 heteroatoms. The fraction of sp³-hybridized carbons (Fsp3) is 0.333. The number of rotatable bonds is 5. The Kier molecular flexibility index (Phi) is 5.66. The lowest BCUT2D eigenvalue weighted by molar-refractivity contribution is -0.154. The van der Waals surface area contributed by atoms with Crippen molar-refractivity contribution in [3.8, 4) is 0 Å². The van der Waals surface area contributed by atoms with Gasteiger partial charge in [-0.15, -0.1) is 0 Å². The second kappa shape index (κ2) is 8.13. The monoisotopic (exact) mass is 355 g/mol. The molecule has 0 aromatic heterocycles. The van der Waals surface area contributed by atoms with Crippen LogP contribution in [-0.4, -0.2) is 18.0 Å². The number of ether oxygens (including phenoxy) is 1. The zero-order chi connectivity index (χ0) is 18.5. The minimum Gasteiger partial charge on any atom is -0.452 e. The number of hydrogen-bond donors (Lipinski definition) is 1. The van der Waals surface area contributed by atoms with Crippen LogP contribution in [0.1, 0.15) is 42.5 Å². The normalized spacial score (nSPS) is 17.1. The van der Waals surface area contributed by atoms with Crippen molar-refractivity contribution in [3.63, 3.8) is 0 Å². The molecule has 2 atom stereocenters. The molecule has 1 aliphatic rings. The number of aryl methyl sites for hydroxylation is 1. The highest BCUT2D eigenvalue weighted by atomic mass is 19.1. The van der Waals surface area contributed by atoms with Crippen molar-refractivity contribution in [1.29, 1.82) is 0 Å². The van der Waals surface area contributed by atoms with Crippen LogP contribution in [0.5, 0.6) is 0 Å². The lowest BCUT2D eigenvalue weighted by Crippen LogP contribution is -2.39. The van der Waals surface area contributed by atoms with Crippen LogP contribution in [0.15, 0.2) is 48.5 Å². The summed E-state index contributed by atoms with van der Waals surface area (Å²) in [6.45, 7) is 1.56. The number of amides is 1. The van der Waals surface area contributed by atoms with Gasteiger partial charge < -0.3 is 10.1 Å². The quantitative estimate of drug-likeness (QED) is 0.836. The first-order chi connectivity index (χ1) is 12.5. The van der Waals surface area contributed by atoms with Gasteiger partial charge in [0.1, 0.15) is 5.82 Å². The Morgan fingerprint density at radius 1 is 1.19 bits per heavy atom. The molecule has 1 N–H and O–H groups in total. The Morgan fingerprint density at radius 2 is 1.92 bits per heavy atom. The Balaban J connectivity index is 1.55. The predicted octanol–water partition coefficient (Wildman–Crippen LogP) is 3.49. The van der Waals surface area contributed by atoms with E-state index >= 15 is 0 Å². The van der Waals surface area contributed by atoms with Gasteiger partial charge >= 0.3 is 5.97 Å². The van der Waals surface area contributed by atoms with E-state index < -0.39 is 12.1 Å². The molecule has 0 aliphatic heterocycles. The van der Waals surface area contributed by atoms with Crippen LogP contribution >= 0.6 is 0 Å². The number of hydrogen-bond acceptors (Lipinski definition) is 3. The summed E-state index contributed by atoms with van der Waals surface area (Å²) < 4.78 is 18.1. The summed E-state index contributed by atoms with van der Waals surface area (Å²) in [6.07, 6.45) is 2.03. The molecule has 0 radical (unpaired) electrons. The Labute approximate surface area is 152 Å². The average molecular weight is 355 g/mol. The SMILES string of the molecule is C[C@@H](OC(=O)Cc1ccc(F)cc1)C(=O)N[C@@H]1CCCc2ccccc21. The third kappa shape index (κ3) is 4.48. The second-order valence-electron chi connectivity index (χ2n) is 6.59.